The van der Waals surface area contributed by atoms with Crippen molar-refractivity contribution in [2.75, 3.05) is 0 Å². The molecule has 4 N–H and O–H groups in total. The van der Waals surface area contributed by atoms with Gasteiger partial charge < -0.3 is 10.5 Å². The van der Waals surface area contributed by atoms with Crippen molar-refractivity contribution in [3.05, 3.63) is 30.0 Å². The number of primary amides is 1. The van der Waals surface area contributed by atoms with Gasteiger partial charge in [-0.05, 0) is 6.07 Å². The molecule has 76 valence electrons. The maximum absolute atomic E-state index is 10.5. The van der Waals surface area contributed by atoms with E-state index in [1.807, 2.05) is 12.1 Å². The van der Waals surface area contributed by atoms with Crippen molar-refractivity contribution in [2.45, 2.75) is 0 Å². The molecule has 0 atom stereocenters. The number of para-hydroxylation sites is 1. The molecule has 1 aromatic carbocycles. The van der Waals surface area contributed by atoms with Crippen LogP contribution in [-0.2, 0) is 4.74 Å². The summed E-state index contributed by atoms with van der Waals surface area (Å²) in [5, 5.41) is 14.8. The van der Waals surface area contributed by atoms with Crippen LogP contribution >= 0.6 is 0 Å². The minimum Gasteiger partial charge on any atom is -0.390 e. The second kappa shape index (κ2) is 3.41. The smallest absolute Gasteiger partial charge is 0.390 e. The highest BCUT2D eigenvalue weighted by Gasteiger charge is 2.13. The molecule has 2 aromatic rings. The van der Waals surface area contributed by atoms with Crippen molar-refractivity contribution in [1.29, 1.82) is 5.41 Å². The average Bonchev–Trinajstić information content (AvgIpc) is 2.59. The zero-order valence-electron chi connectivity index (χ0n) is 7.65. The molecule has 0 aliphatic rings. The molecule has 2 rings (SSSR count). The number of amides is 1. The molecule has 6 nitrogen and oxygen atoms in total. The minimum absolute atomic E-state index is 0.268. The monoisotopic (exact) mass is 204 g/mol. The molecule has 0 radical (unpaired) electrons. The van der Waals surface area contributed by atoms with E-state index in [4.69, 9.17) is 11.1 Å². The highest BCUT2D eigenvalue weighted by molar-refractivity contribution is 6.06. The number of rotatable bonds is 1. The lowest BCUT2D eigenvalue weighted by Crippen LogP contribution is -2.18. The normalized spacial score (nSPS) is 10.1. The quantitative estimate of drug-likeness (QED) is 0.476. The van der Waals surface area contributed by atoms with Crippen LogP contribution in [0.5, 0.6) is 0 Å². The van der Waals surface area contributed by atoms with Crippen LogP contribution in [0.25, 0.3) is 10.9 Å². The summed E-state index contributed by atoms with van der Waals surface area (Å²) in [6.45, 7) is 0. The van der Waals surface area contributed by atoms with Crippen LogP contribution in [0.3, 0.4) is 0 Å². The highest BCUT2D eigenvalue weighted by atomic mass is 16.6. The number of nitrogens with zero attached hydrogens (tertiary/aromatic N) is 1. The predicted octanol–water partition coefficient (Wildman–Crippen LogP) is 0.984. The lowest BCUT2D eigenvalue weighted by Gasteiger charge is -1.98. The average molecular weight is 204 g/mol. The number of benzene rings is 1. The fourth-order valence-electron chi connectivity index (χ4n) is 1.29. The van der Waals surface area contributed by atoms with E-state index in [0.717, 1.165) is 5.52 Å². The van der Waals surface area contributed by atoms with Crippen molar-refractivity contribution >= 4 is 22.9 Å². The van der Waals surface area contributed by atoms with Gasteiger partial charge in [-0.2, -0.15) is 5.10 Å². The number of hydrogen-bond donors (Lipinski definition) is 3. The Morgan fingerprint density at radius 2 is 2.20 bits per heavy atom. The molecule has 1 aromatic heterocycles. The molecule has 15 heavy (non-hydrogen) atoms. The van der Waals surface area contributed by atoms with Gasteiger partial charge in [0.05, 0.1) is 5.52 Å². The third-order valence-electron chi connectivity index (χ3n) is 1.89. The van der Waals surface area contributed by atoms with Crippen LogP contribution in [-0.4, -0.2) is 22.2 Å². The number of ether oxygens (including phenoxy) is 1. The fraction of sp³-hybridized carbons (Fsp3) is 0. The SMILES string of the molecule is N=C(OC(N)=O)c1n[nH]c2ccccc12. The first-order chi connectivity index (χ1) is 7.18. The molecule has 0 saturated carbocycles. The molecular weight excluding hydrogens is 196 g/mol. The fourth-order valence-corrected chi connectivity index (χ4v) is 1.29. The number of carbonyl (C=O) groups is 1. The second-order valence-electron chi connectivity index (χ2n) is 2.87. The summed E-state index contributed by atoms with van der Waals surface area (Å²) in [4.78, 5) is 10.5. The molecule has 0 spiro atoms. The van der Waals surface area contributed by atoms with E-state index in [0.29, 0.717) is 5.39 Å². The second-order valence-corrected chi connectivity index (χ2v) is 2.87. The van der Waals surface area contributed by atoms with Crippen molar-refractivity contribution in [2.24, 2.45) is 5.73 Å². The lowest BCUT2D eigenvalue weighted by molar-refractivity contribution is 0.207. The van der Waals surface area contributed by atoms with Crippen LogP contribution in [0.4, 0.5) is 4.79 Å². The van der Waals surface area contributed by atoms with Gasteiger partial charge in [-0.15, -0.1) is 0 Å². The summed E-state index contributed by atoms with van der Waals surface area (Å²) in [5.41, 5.74) is 5.84. The summed E-state index contributed by atoms with van der Waals surface area (Å²) >= 11 is 0. The number of nitrogens with two attached hydrogens (primary N) is 1. The molecule has 0 saturated heterocycles. The van der Waals surface area contributed by atoms with Crippen molar-refractivity contribution in [1.82, 2.24) is 10.2 Å². The Morgan fingerprint density at radius 1 is 1.47 bits per heavy atom. The molecule has 1 amide bonds. The van der Waals surface area contributed by atoms with E-state index in [9.17, 15) is 4.79 Å². The first-order valence-electron chi connectivity index (χ1n) is 4.18. The predicted molar refractivity (Wildman–Crippen MR) is 53.6 cm³/mol. The maximum Gasteiger partial charge on any atom is 0.411 e. The highest BCUT2D eigenvalue weighted by Crippen LogP contribution is 2.15. The van der Waals surface area contributed by atoms with Gasteiger partial charge in [0.15, 0.2) is 5.69 Å². The summed E-state index contributed by atoms with van der Waals surface area (Å²) < 4.78 is 4.44. The third kappa shape index (κ3) is 1.64. The lowest BCUT2D eigenvalue weighted by atomic mass is 10.2. The molecule has 0 aliphatic heterocycles. The molecule has 0 unspecified atom stereocenters. The topological polar surface area (TPSA) is 105 Å². The van der Waals surface area contributed by atoms with Crippen LogP contribution < -0.4 is 5.73 Å². The number of carbonyl (C=O) groups excluding carboxylic acids is 1. The third-order valence-corrected chi connectivity index (χ3v) is 1.89. The van der Waals surface area contributed by atoms with E-state index in [1.165, 1.54) is 0 Å². The van der Waals surface area contributed by atoms with Crippen LogP contribution in [0.15, 0.2) is 24.3 Å². The van der Waals surface area contributed by atoms with E-state index >= 15 is 0 Å². The van der Waals surface area contributed by atoms with E-state index in [2.05, 4.69) is 14.9 Å². The van der Waals surface area contributed by atoms with Gasteiger partial charge >= 0.3 is 6.09 Å². The number of fused-ring (bicyclic) bond motifs is 1. The van der Waals surface area contributed by atoms with E-state index < -0.39 is 6.09 Å². The molecule has 0 fully saturated rings. The Bertz CT molecular complexity index is 532. The zero-order valence-corrected chi connectivity index (χ0v) is 7.65. The van der Waals surface area contributed by atoms with Crippen LogP contribution in [0.1, 0.15) is 5.69 Å². The van der Waals surface area contributed by atoms with Gasteiger partial charge in [0.2, 0.25) is 5.90 Å². The Kier molecular flexibility index (Phi) is 2.09. The number of aromatic amines is 1. The molecule has 0 bridgehead atoms. The molecule has 6 heteroatoms. The van der Waals surface area contributed by atoms with Gasteiger partial charge in [-0.1, -0.05) is 18.2 Å². The summed E-state index contributed by atoms with van der Waals surface area (Å²) in [6.07, 6.45) is -1.02. The van der Waals surface area contributed by atoms with E-state index in [-0.39, 0.29) is 11.6 Å². The van der Waals surface area contributed by atoms with Gasteiger partial charge in [0.25, 0.3) is 0 Å². The summed E-state index contributed by atoms with van der Waals surface area (Å²) in [7, 11) is 0. The number of H-pyrrole nitrogens is 1. The Labute approximate surface area is 84.5 Å². The number of hydrogen-bond acceptors (Lipinski definition) is 4. The van der Waals surface area contributed by atoms with Crippen molar-refractivity contribution in [3.8, 4) is 0 Å². The number of aromatic nitrogens is 2. The molecule has 0 aliphatic carbocycles. The largest absolute Gasteiger partial charge is 0.411 e. The summed E-state index contributed by atoms with van der Waals surface area (Å²) in [5.74, 6) is -0.361. The number of nitrogens with one attached hydrogen (secondary N) is 2. The zero-order chi connectivity index (χ0) is 10.8. The van der Waals surface area contributed by atoms with Crippen molar-refractivity contribution in [3.63, 3.8) is 0 Å². The maximum atomic E-state index is 10.5. The Balaban J connectivity index is 2.44. The van der Waals surface area contributed by atoms with Crippen LogP contribution in [0.2, 0.25) is 0 Å². The molecular formula is C9H8N4O2. The van der Waals surface area contributed by atoms with Crippen LogP contribution in [0, 0.1) is 5.41 Å². The minimum atomic E-state index is -1.02. The summed E-state index contributed by atoms with van der Waals surface area (Å²) in [6, 6.07) is 7.22. The van der Waals surface area contributed by atoms with Crippen molar-refractivity contribution < 1.29 is 9.53 Å². The standard InChI is InChI=1S/C9H8N4O2/c10-8(15-9(11)14)7-5-3-1-2-4-6(5)12-13-7/h1-4,10H,(H2,11,14)(H,12,13). The molecule has 1 heterocycles. The van der Waals surface area contributed by atoms with Gasteiger partial charge in [0.1, 0.15) is 0 Å². The van der Waals surface area contributed by atoms with E-state index in [1.54, 1.807) is 12.1 Å². The first-order valence-corrected chi connectivity index (χ1v) is 4.18. The Morgan fingerprint density at radius 3 is 2.93 bits per heavy atom. The van der Waals surface area contributed by atoms with Gasteiger partial charge in [0, 0.05) is 5.39 Å². The first kappa shape index (κ1) is 9.20. The van der Waals surface area contributed by atoms with Gasteiger partial charge in [-0.3, -0.25) is 10.5 Å². The Hall–Kier alpha value is -2.37. The van der Waals surface area contributed by atoms with Gasteiger partial charge in [-0.25, -0.2) is 4.79 Å².